The normalized spacial score (nSPS) is 16.9. The third-order valence-electron chi connectivity index (χ3n) is 6.05. The molecule has 0 N–H and O–H groups in total. The Morgan fingerprint density at radius 3 is 2.34 bits per heavy atom. The molecule has 0 radical (unpaired) electrons. The molecule has 1 aliphatic rings. The number of benzene rings is 1. The molecule has 0 amide bonds. The molecule has 0 saturated carbocycles. The van der Waals surface area contributed by atoms with Gasteiger partial charge in [0.2, 0.25) is 0 Å². The second-order valence-corrected chi connectivity index (χ2v) is 11.4. The van der Waals surface area contributed by atoms with Gasteiger partial charge in [-0.15, -0.1) is 0 Å². The number of piperidine rings is 1. The van der Waals surface area contributed by atoms with Crippen LogP contribution in [0, 0.1) is 5.92 Å². The smallest absolute Gasteiger partial charge is 0.179 e. The van der Waals surface area contributed by atoms with Crippen LogP contribution in [0.3, 0.4) is 0 Å². The summed E-state index contributed by atoms with van der Waals surface area (Å²) in [6.45, 7) is 10.1. The molecular formula is C23H35N3O2S. The van der Waals surface area contributed by atoms with Crippen molar-refractivity contribution in [3.8, 4) is 0 Å². The molecule has 160 valence electrons. The van der Waals surface area contributed by atoms with Crippen LogP contribution in [-0.4, -0.2) is 48.3 Å². The van der Waals surface area contributed by atoms with E-state index in [1.165, 1.54) is 25.7 Å². The van der Waals surface area contributed by atoms with E-state index < -0.39 is 9.84 Å². The number of rotatable bonds is 8. The van der Waals surface area contributed by atoms with Gasteiger partial charge in [-0.1, -0.05) is 32.9 Å². The topological polar surface area (TPSA) is 55.2 Å². The molecule has 1 aromatic carbocycles. The molecule has 2 aromatic rings. The first-order valence-corrected chi connectivity index (χ1v) is 12.4. The van der Waals surface area contributed by atoms with E-state index in [1.807, 2.05) is 30.9 Å². The fraction of sp³-hybridized carbons (Fsp3) is 0.609. The summed E-state index contributed by atoms with van der Waals surface area (Å²) in [6.07, 6.45) is 10.5. The zero-order valence-corrected chi connectivity index (χ0v) is 18.9. The summed E-state index contributed by atoms with van der Waals surface area (Å²) in [7, 11) is -3.23. The second kappa shape index (κ2) is 9.43. The van der Waals surface area contributed by atoms with Crippen molar-refractivity contribution >= 4 is 9.84 Å². The first-order chi connectivity index (χ1) is 13.7. The van der Waals surface area contributed by atoms with E-state index in [1.54, 1.807) is 12.1 Å². The van der Waals surface area contributed by atoms with Crippen molar-refractivity contribution in [3.63, 3.8) is 0 Å². The Kier molecular flexibility index (Phi) is 7.17. The Morgan fingerprint density at radius 2 is 1.76 bits per heavy atom. The third kappa shape index (κ3) is 6.41. The fourth-order valence-corrected chi connectivity index (χ4v) is 5.29. The Hall–Kier alpha value is -1.66. The molecule has 5 nitrogen and oxygen atoms in total. The van der Waals surface area contributed by atoms with Crippen LogP contribution in [0.15, 0.2) is 47.9 Å². The minimum Gasteiger partial charge on any atom is -0.337 e. The number of sulfone groups is 1. The Labute approximate surface area is 176 Å². The lowest BCUT2D eigenvalue weighted by atomic mass is 9.87. The number of aromatic nitrogens is 2. The van der Waals surface area contributed by atoms with Gasteiger partial charge in [-0.3, -0.25) is 0 Å². The van der Waals surface area contributed by atoms with E-state index in [0.717, 1.165) is 31.1 Å². The number of likely N-dealkylation sites (tertiary alicyclic amines) is 1. The van der Waals surface area contributed by atoms with Gasteiger partial charge in [0.1, 0.15) is 0 Å². The molecular weight excluding hydrogens is 382 g/mol. The molecule has 6 heteroatoms. The zero-order valence-electron chi connectivity index (χ0n) is 18.0. The predicted molar refractivity (Wildman–Crippen MR) is 118 cm³/mol. The van der Waals surface area contributed by atoms with Gasteiger partial charge in [0.05, 0.1) is 17.0 Å². The Bertz CT molecular complexity index is 845. The molecule has 2 heterocycles. The van der Waals surface area contributed by atoms with Crippen LogP contribution in [0.25, 0.3) is 0 Å². The van der Waals surface area contributed by atoms with E-state index in [2.05, 4.69) is 35.2 Å². The average molecular weight is 418 g/mol. The quantitative estimate of drug-likeness (QED) is 0.648. The van der Waals surface area contributed by atoms with Crippen molar-refractivity contribution in [2.45, 2.75) is 63.3 Å². The number of hydrogen-bond donors (Lipinski definition) is 0. The number of imidazole rings is 1. The van der Waals surface area contributed by atoms with Crippen LogP contribution in [0.1, 0.15) is 52.0 Å². The van der Waals surface area contributed by atoms with Gasteiger partial charge in [0.15, 0.2) is 9.84 Å². The number of aryl methyl sites for hydroxylation is 1. The zero-order chi connectivity index (χ0) is 20.9. The molecule has 0 spiro atoms. The van der Waals surface area contributed by atoms with Crippen molar-refractivity contribution in [2.24, 2.45) is 5.92 Å². The van der Waals surface area contributed by atoms with Crippen molar-refractivity contribution in [3.05, 3.63) is 48.5 Å². The molecule has 29 heavy (non-hydrogen) atoms. The molecule has 0 aliphatic carbocycles. The highest BCUT2D eigenvalue weighted by molar-refractivity contribution is 7.91. The van der Waals surface area contributed by atoms with Crippen LogP contribution in [0.2, 0.25) is 0 Å². The molecule has 1 aliphatic heterocycles. The molecule has 0 atom stereocenters. The maximum atomic E-state index is 12.7. The van der Waals surface area contributed by atoms with Crippen molar-refractivity contribution in [1.29, 1.82) is 0 Å². The Balaban J connectivity index is 1.41. The second-order valence-electron chi connectivity index (χ2n) is 9.32. The van der Waals surface area contributed by atoms with Crippen LogP contribution < -0.4 is 0 Å². The highest BCUT2D eigenvalue weighted by Gasteiger charge is 2.22. The predicted octanol–water partition coefficient (Wildman–Crippen LogP) is 4.15. The van der Waals surface area contributed by atoms with Crippen LogP contribution in [0.4, 0.5) is 0 Å². The van der Waals surface area contributed by atoms with Crippen molar-refractivity contribution in [2.75, 3.05) is 25.4 Å². The van der Waals surface area contributed by atoms with Gasteiger partial charge in [0, 0.05) is 25.5 Å². The SMILES string of the molecule is CC(C)(C)c1ccc(S(=O)(=O)CCN2CCC(CCCn3ccnc3)CC2)cc1. The summed E-state index contributed by atoms with van der Waals surface area (Å²) in [5.74, 6) is 0.962. The molecule has 1 fully saturated rings. The highest BCUT2D eigenvalue weighted by Crippen LogP contribution is 2.25. The minimum absolute atomic E-state index is 0.0331. The van der Waals surface area contributed by atoms with E-state index in [9.17, 15) is 8.42 Å². The number of hydrogen-bond acceptors (Lipinski definition) is 4. The maximum Gasteiger partial charge on any atom is 0.179 e. The summed E-state index contributed by atoms with van der Waals surface area (Å²) in [6, 6.07) is 7.43. The lowest BCUT2D eigenvalue weighted by molar-refractivity contribution is 0.185. The average Bonchev–Trinajstić information content (AvgIpc) is 3.20. The monoisotopic (exact) mass is 417 g/mol. The molecule has 0 bridgehead atoms. The van der Waals surface area contributed by atoms with Crippen LogP contribution >= 0.6 is 0 Å². The lowest BCUT2D eigenvalue weighted by Gasteiger charge is -2.31. The summed E-state index contributed by atoms with van der Waals surface area (Å²) in [5, 5.41) is 0. The van der Waals surface area contributed by atoms with E-state index in [-0.39, 0.29) is 11.2 Å². The summed E-state index contributed by atoms with van der Waals surface area (Å²) in [4.78, 5) is 6.84. The first-order valence-electron chi connectivity index (χ1n) is 10.8. The van der Waals surface area contributed by atoms with Gasteiger partial charge in [-0.25, -0.2) is 13.4 Å². The molecule has 0 unspecified atom stereocenters. The van der Waals surface area contributed by atoms with E-state index in [4.69, 9.17) is 0 Å². The van der Waals surface area contributed by atoms with Crippen molar-refractivity contribution in [1.82, 2.24) is 14.5 Å². The van der Waals surface area contributed by atoms with Gasteiger partial charge in [0.25, 0.3) is 0 Å². The summed E-state index contributed by atoms with van der Waals surface area (Å²) < 4.78 is 27.6. The third-order valence-corrected chi connectivity index (χ3v) is 7.76. The number of nitrogens with zero attached hydrogens (tertiary/aromatic N) is 3. The van der Waals surface area contributed by atoms with Crippen LogP contribution in [-0.2, 0) is 21.8 Å². The van der Waals surface area contributed by atoms with Crippen molar-refractivity contribution < 1.29 is 8.42 Å². The van der Waals surface area contributed by atoms with E-state index >= 15 is 0 Å². The highest BCUT2D eigenvalue weighted by atomic mass is 32.2. The van der Waals surface area contributed by atoms with Crippen LogP contribution in [0.5, 0.6) is 0 Å². The van der Waals surface area contributed by atoms with Gasteiger partial charge >= 0.3 is 0 Å². The molecule has 3 rings (SSSR count). The largest absolute Gasteiger partial charge is 0.337 e. The minimum atomic E-state index is -3.23. The van der Waals surface area contributed by atoms with Gasteiger partial charge in [-0.2, -0.15) is 0 Å². The Morgan fingerprint density at radius 1 is 1.07 bits per heavy atom. The lowest BCUT2D eigenvalue weighted by Crippen LogP contribution is -2.37. The first kappa shape index (κ1) is 22.0. The fourth-order valence-electron chi connectivity index (χ4n) is 4.01. The van der Waals surface area contributed by atoms with E-state index in [0.29, 0.717) is 11.4 Å². The summed E-state index contributed by atoms with van der Waals surface area (Å²) in [5.41, 5.74) is 1.19. The summed E-state index contributed by atoms with van der Waals surface area (Å²) >= 11 is 0. The molecule has 1 aromatic heterocycles. The van der Waals surface area contributed by atoms with Gasteiger partial charge < -0.3 is 9.47 Å². The standard InChI is InChI=1S/C23H35N3O2S/c1-23(2,3)21-6-8-22(9-7-21)29(27,28)18-17-25-14-10-20(11-15-25)5-4-13-26-16-12-24-19-26/h6-9,12,16,19-20H,4-5,10-11,13-15,17-18H2,1-3H3. The maximum absolute atomic E-state index is 12.7. The molecule has 1 saturated heterocycles. The van der Waals surface area contributed by atoms with Gasteiger partial charge in [-0.05, 0) is 67.8 Å².